The van der Waals surface area contributed by atoms with E-state index in [0.29, 0.717) is 36.2 Å². The molecule has 1 aliphatic rings. The Bertz CT molecular complexity index is 1160. The molecule has 0 spiro atoms. The van der Waals surface area contributed by atoms with Crippen molar-refractivity contribution in [2.45, 2.75) is 52.5 Å². The van der Waals surface area contributed by atoms with Gasteiger partial charge in [-0.25, -0.2) is 9.67 Å². The molecule has 2 N–H and O–H groups in total. The monoisotopic (exact) mass is 445 g/mol. The predicted octanol–water partition coefficient (Wildman–Crippen LogP) is 4.59. The summed E-state index contributed by atoms with van der Waals surface area (Å²) < 4.78 is 1.77. The van der Waals surface area contributed by atoms with Crippen LogP contribution in [-0.2, 0) is 11.2 Å². The number of nitrogens with zero attached hydrogens (tertiary/aromatic N) is 4. The lowest BCUT2D eigenvalue weighted by atomic mass is 9.86. The molecule has 172 valence electrons. The molecule has 0 radical (unpaired) electrons. The fourth-order valence-corrected chi connectivity index (χ4v) is 4.23. The van der Waals surface area contributed by atoms with Gasteiger partial charge >= 0.3 is 0 Å². The summed E-state index contributed by atoms with van der Waals surface area (Å²) in [4.78, 5) is 22.8. The number of hydrogen-bond donors (Lipinski definition) is 2. The number of para-hydroxylation sites is 1. The summed E-state index contributed by atoms with van der Waals surface area (Å²) in [5.41, 5.74) is 4.72. The number of aliphatic imine (C=N–C) groups is 1. The number of amides is 1. The zero-order chi connectivity index (χ0) is 23.5. The molecule has 4 rings (SSSR count). The van der Waals surface area contributed by atoms with Crippen molar-refractivity contribution in [3.8, 4) is 0 Å². The van der Waals surface area contributed by atoms with E-state index in [9.17, 15) is 9.90 Å². The van der Waals surface area contributed by atoms with E-state index in [-0.39, 0.29) is 18.6 Å². The molecule has 0 fully saturated rings. The van der Waals surface area contributed by atoms with Crippen molar-refractivity contribution in [2.75, 3.05) is 11.9 Å². The van der Waals surface area contributed by atoms with E-state index in [2.05, 4.69) is 53.4 Å². The van der Waals surface area contributed by atoms with Crippen molar-refractivity contribution in [2.24, 2.45) is 10.9 Å². The average molecular weight is 446 g/mol. The van der Waals surface area contributed by atoms with Gasteiger partial charge in [-0.3, -0.25) is 4.79 Å². The molecule has 7 nitrogen and oxygen atoms in total. The summed E-state index contributed by atoms with van der Waals surface area (Å²) >= 11 is 0. The fourth-order valence-electron chi connectivity index (χ4n) is 4.23. The highest BCUT2D eigenvalue weighted by Gasteiger charge is 2.39. The topological polar surface area (TPSA) is 92.4 Å². The number of anilines is 1. The number of fused-ring (bicyclic) bond motifs is 1. The van der Waals surface area contributed by atoms with Gasteiger partial charge in [0.25, 0.3) is 0 Å². The smallest absolute Gasteiger partial charge is 0.248 e. The SMILES string of the molecule is CC1=Nc2nc(CCCO)nn2C(c2ccc(C(C)C)cc2)C1C(=O)Nc1ccccc1C. The normalized spacial score (nSPS) is 17.6. The fraction of sp³-hybridized carbons (Fsp3) is 0.385. The number of aryl methyl sites for hydroxylation is 2. The van der Waals surface area contributed by atoms with Gasteiger partial charge in [-0.2, -0.15) is 10.1 Å². The molecular formula is C26H31N5O2. The second kappa shape index (κ2) is 9.67. The zero-order valence-electron chi connectivity index (χ0n) is 19.6. The van der Waals surface area contributed by atoms with Gasteiger partial charge in [0.15, 0.2) is 5.82 Å². The van der Waals surface area contributed by atoms with Crippen LogP contribution in [0.1, 0.15) is 61.7 Å². The van der Waals surface area contributed by atoms with Crippen molar-refractivity contribution in [3.63, 3.8) is 0 Å². The van der Waals surface area contributed by atoms with Crippen LogP contribution in [0.2, 0.25) is 0 Å². The first-order chi connectivity index (χ1) is 15.9. The number of carbonyl (C=O) groups excluding carboxylic acids is 1. The van der Waals surface area contributed by atoms with Crippen LogP contribution in [0, 0.1) is 12.8 Å². The Labute approximate surface area is 194 Å². The molecule has 2 unspecified atom stereocenters. The van der Waals surface area contributed by atoms with Crippen LogP contribution < -0.4 is 5.32 Å². The molecule has 1 aliphatic heterocycles. The Morgan fingerprint density at radius 2 is 1.85 bits per heavy atom. The molecule has 2 aromatic carbocycles. The van der Waals surface area contributed by atoms with E-state index in [1.54, 1.807) is 4.68 Å². The number of hydrogen-bond acceptors (Lipinski definition) is 5. The van der Waals surface area contributed by atoms with Gasteiger partial charge in [0, 0.05) is 24.4 Å². The van der Waals surface area contributed by atoms with E-state index in [4.69, 9.17) is 5.10 Å². The molecule has 1 amide bonds. The first kappa shape index (κ1) is 22.9. The van der Waals surface area contributed by atoms with Crippen molar-refractivity contribution >= 4 is 23.3 Å². The third-order valence-corrected chi connectivity index (χ3v) is 6.15. The van der Waals surface area contributed by atoms with Crippen molar-refractivity contribution in [1.82, 2.24) is 14.8 Å². The van der Waals surface area contributed by atoms with Crippen LogP contribution in [0.3, 0.4) is 0 Å². The maximum absolute atomic E-state index is 13.6. The van der Waals surface area contributed by atoms with E-state index in [0.717, 1.165) is 16.8 Å². The molecular weight excluding hydrogens is 414 g/mol. The minimum atomic E-state index is -0.533. The molecule has 2 heterocycles. The summed E-state index contributed by atoms with van der Waals surface area (Å²) in [5.74, 6) is 0.884. The van der Waals surface area contributed by atoms with E-state index < -0.39 is 5.92 Å². The van der Waals surface area contributed by atoms with E-state index in [1.165, 1.54) is 5.56 Å². The maximum atomic E-state index is 13.6. The zero-order valence-corrected chi connectivity index (χ0v) is 19.6. The molecule has 0 bridgehead atoms. The number of aliphatic hydroxyl groups excluding tert-OH is 1. The number of rotatable bonds is 7. The summed E-state index contributed by atoms with van der Waals surface area (Å²) in [6.07, 6.45) is 1.14. The highest BCUT2D eigenvalue weighted by Crippen LogP contribution is 2.37. The number of carbonyl (C=O) groups is 1. The van der Waals surface area contributed by atoms with Crippen LogP contribution >= 0.6 is 0 Å². The molecule has 33 heavy (non-hydrogen) atoms. The number of aliphatic hydroxyl groups is 1. The summed E-state index contributed by atoms with van der Waals surface area (Å²) in [5, 5.41) is 17.0. The van der Waals surface area contributed by atoms with Gasteiger partial charge in [0.1, 0.15) is 5.92 Å². The molecule has 3 aromatic rings. The highest BCUT2D eigenvalue weighted by molar-refractivity contribution is 6.10. The Balaban J connectivity index is 1.75. The molecule has 0 aliphatic carbocycles. The van der Waals surface area contributed by atoms with Crippen LogP contribution in [0.25, 0.3) is 0 Å². The Hall–Kier alpha value is -3.32. The van der Waals surface area contributed by atoms with Gasteiger partial charge < -0.3 is 10.4 Å². The Morgan fingerprint density at radius 1 is 1.12 bits per heavy atom. The Morgan fingerprint density at radius 3 is 2.52 bits per heavy atom. The van der Waals surface area contributed by atoms with Crippen molar-refractivity contribution in [3.05, 3.63) is 71.0 Å². The third kappa shape index (κ3) is 4.73. The van der Waals surface area contributed by atoms with Gasteiger partial charge in [-0.15, -0.1) is 0 Å². The third-order valence-electron chi connectivity index (χ3n) is 6.15. The highest BCUT2D eigenvalue weighted by atomic mass is 16.3. The second-order valence-corrected chi connectivity index (χ2v) is 8.90. The molecule has 2 atom stereocenters. The number of aromatic nitrogens is 3. The lowest BCUT2D eigenvalue weighted by molar-refractivity contribution is -0.118. The summed E-state index contributed by atoms with van der Waals surface area (Å²) in [7, 11) is 0. The molecule has 7 heteroatoms. The van der Waals surface area contributed by atoms with E-state index >= 15 is 0 Å². The van der Waals surface area contributed by atoms with Crippen LogP contribution in [-0.4, -0.2) is 38.1 Å². The first-order valence-corrected chi connectivity index (χ1v) is 11.5. The largest absolute Gasteiger partial charge is 0.396 e. The molecule has 0 saturated heterocycles. The number of nitrogens with one attached hydrogen (secondary N) is 1. The quantitative estimate of drug-likeness (QED) is 0.557. The first-order valence-electron chi connectivity index (χ1n) is 11.5. The molecule has 1 aromatic heterocycles. The lowest BCUT2D eigenvalue weighted by Crippen LogP contribution is -2.39. The average Bonchev–Trinajstić information content (AvgIpc) is 3.20. The Kier molecular flexibility index (Phi) is 6.70. The van der Waals surface area contributed by atoms with E-state index in [1.807, 2.05) is 38.1 Å². The summed E-state index contributed by atoms with van der Waals surface area (Å²) in [6, 6.07) is 15.8. The predicted molar refractivity (Wildman–Crippen MR) is 130 cm³/mol. The minimum Gasteiger partial charge on any atom is -0.396 e. The lowest BCUT2D eigenvalue weighted by Gasteiger charge is -2.30. The second-order valence-electron chi connectivity index (χ2n) is 8.90. The van der Waals surface area contributed by atoms with Crippen molar-refractivity contribution in [1.29, 1.82) is 0 Å². The van der Waals surface area contributed by atoms with Crippen molar-refractivity contribution < 1.29 is 9.90 Å². The van der Waals surface area contributed by atoms with Gasteiger partial charge in [0.05, 0.1) is 6.04 Å². The number of benzene rings is 2. The van der Waals surface area contributed by atoms with Gasteiger partial charge in [-0.05, 0) is 48.9 Å². The molecule has 0 saturated carbocycles. The standard InChI is InChI=1S/C26H31N5O2/c1-16(2)19-11-13-20(14-12-19)24-23(25(33)28-21-9-6-5-8-17(21)3)18(4)27-26-29-22(10-7-15-32)30-31(24)26/h5-6,8-9,11-14,16,23-24,32H,7,10,15H2,1-4H3,(H,28,33). The van der Waals surface area contributed by atoms with Crippen LogP contribution in [0.4, 0.5) is 11.6 Å². The van der Waals surface area contributed by atoms with Gasteiger partial charge in [0.2, 0.25) is 11.9 Å². The van der Waals surface area contributed by atoms with Crippen LogP contribution in [0.5, 0.6) is 0 Å². The minimum absolute atomic E-state index is 0.0771. The van der Waals surface area contributed by atoms with Crippen LogP contribution in [0.15, 0.2) is 53.5 Å². The maximum Gasteiger partial charge on any atom is 0.248 e. The van der Waals surface area contributed by atoms with Gasteiger partial charge in [-0.1, -0.05) is 56.3 Å². The summed E-state index contributed by atoms with van der Waals surface area (Å²) in [6.45, 7) is 8.25.